The van der Waals surface area contributed by atoms with Gasteiger partial charge in [0.2, 0.25) is 0 Å². The Morgan fingerprint density at radius 1 is 1.48 bits per heavy atom. The third kappa shape index (κ3) is 4.48. The highest BCUT2D eigenvalue weighted by Gasteiger charge is 2.20. The van der Waals surface area contributed by atoms with E-state index in [0.29, 0.717) is 30.2 Å². The number of esters is 1. The number of hydrogen-bond donors (Lipinski definition) is 1. The van der Waals surface area contributed by atoms with Crippen LogP contribution >= 0.6 is 0 Å². The Balaban J connectivity index is 2.47. The number of nitriles is 1. The summed E-state index contributed by atoms with van der Waals surface area (Å²) in [5.41, 5.74) is 6.88. The van der Waals surface area contributed by atoms with E-state index in [0.717, 1.165) is 19.3 Å². The smallest absolute Gasteiger partial charge is 0.358 e. The molecule has 0 aliphatic rings. The van der Waals surface area contributed by atoms with Crippen molar-refractivity contribution in [2.75, 3.05) is 12.3 Å². The van der Waals surface area contributed by atoms with Crippen LogP contribution in [0.25, 0.3) is 0 Å². The highest BCUT2D eigenvalue weighted by molar-refractivity contribution is 5.93. The Labute approximate surface area is 125 Å². The lowest BCUT2D eigenvalue weighted by molar-refractivity contribution is 0.0483. The van der Waals surface area contributed by atoms with Crippen LogP contribution in [0.3, 0.4) is 0 Å². The average Bonchev–Trinajstić information content (AvgIpc) is 2.73. The number of aromatic nitrogens is 2. The number of unbranched alkanes of at least 4 members (excludes halogenated alkanes) is 1. The Morgan fingerprint density at radius 3 is 2.71 bits per heavy atom. The molecule has 0 aliphatic heterocycles. The van der Waals surface area contributed by atoms with Gasteiger partial charge in [0.25, 0.3) is 0 Å². The maximum absolute atomic E-state index is 12.1. The molecule has 6 nitrogen and oxygen atoms in total. The fraction of sp³-hybridized carbons (Fsp3) is 0.667. The average molecular weight is 292 g/mol. The maximum atomic E-state index is 12.1. The summed E-state index contributed by atoms with van der Waals surface area (Å²) in [6.45, 7) is 8.37. The third-order valence-electron chi connectivity index (χ3n) is 3.40. The Bertz CT molecular complexity index is 541. The lowest BCUT2D eigenvalue weighted by atomic mass is 9.89. The van der Waals surface area contributed by atoms with E-state index in [9.17, 15) is 4.79 Å². The summed E-state index contributed by atoms with van der Waals surface area (Å²) < 4.78 is 6.81. The van der Waals surface area contributed by atoms with E-state index >= 15 is 0 Å². The summed E-state index contributed by atoms with van der Waals surface area (Å²) in [6.07, 6.45) is 2.36. The number of aryl methyl sites for hydroxylation is 2. The predicted molar refractivity (Wildman–Crippen MR) is 80.6 cm³/mol. The number of anilines is 1. The van der Waals surface area contributed by atoms with E-state index in [4.69, 9.17) is 15.7 Å². The van der Waals surface area contributed by atoms with Gasteiger partial charge in [-0.1, -0.05) is 0 Å². The van der Waals surface area contributed by atoms with Gasteiger partial charge in [-0.05, 0) is 47.0 Å². The van der Waals surface area contributed by atoms with Crippen LogP contribution in [-0.2, 0) is 11.3 Å². The van der Waals surface area contributed by atoms with Gasteiger partial charge in [0.05, 0.1) is 29.5 Å². The molecule has 21 heavy (non-hydrogen) atoms. The second-order valence-electron chi connectivity index (χ2n) is 5.75. The molecule has 0 aliphatic carbocycles. The van der Waals surface area contributed by atoms with Crippen molar-refractivity contribution in [3.05, 3.63) is 11.4 Å². The van der Waals surface area contributed by atoms with Crippen LogP contribution in [0.15, 0.2) is 0 Å². The zero-order chi connectivity index (χ0) is 16.0. The number of nitrogens with zero attached hydrogens (tertiary/aromatic N) is 3. The number of ether oxygens (including phenoxy) is 1. The summed E-state index contributed by atoms with van der Waals surface area (Å²) in [5, 5.41) is 13.1. The van der Waals surface area contributed by atoms with E-state index < -0.39 is 5.97 Å². The summed E-state index contributed by atoms with van der Waals surface area (Å²) in [5.74, 6) is -0.436. The van der Waals surface area contributed by atoms with Gasteiger partial charge in [-0.2, -0.15) is 10.4 Å². The summed E-state index contributed by atoms with van der Waals surface area (Å²) in [6, 6.07) is 2.26. The maximum Gasteiger partial charge on any atom is 0.358 e. The van der Waals surface area contributed by atoms with Gasteiger partial charge in [-0.25, -0.2) is 4.79 Å². The zero-order valence-corrected chi connectivity index (χ0v) is 13.3. The molecule has 0 fully saturated rings. The second kappa shape index (κ2) is 7.11. The van der Waals surface area contributed by atoms with Crippen molar-refractivity contribution in [2.24, 2.45) is 5.41 Å². The standard InChI is InChI=1S/C15H24N4O2/c1-5-19-13(12(17)11(2)18-19)14(20)21-9-7-6-8-15(3,4)10-16/h5-9,17H2,1-4H3. The first-order valence-electron chi connectivity index (χ1n) is 7.23. The van der Waals surface area contributed by atoms with Crippen LogP contribution in [0.5, 0.6) is 0 Å². The number of nitrogens with two attached hydrogens (primary N) is 1. The first-order chi connectivity index (χ1) is 9.82. The van der Waals surface area contributed by atoms with Crippen LogP contribution in [0, 0.1) is 23.7 Å². The largest absolute Gasteiger partial charge is 0.461 e. The van der Waals surface area contributed by atoms with Gasteiger partial charge in [0, 0.05) is 6.54 Å². The molecule has 0 saturated heterocycles. The van der Waals surface area contributed by atoms with E-state index in [1.165, 1.54) is 0 Å². The molecule has 1 heterocycles. The molecule has 0 atom stereocenters. The van der Waals surface area contributed by atoms with Crippen molar-refractivity contribution in [1.82, 2.24) is 9.78 Å². The molecular formula is C15H24N4O2. The first kappa shape index (κ1) is 17.0. The highest BCUT2D eigenvalue weighted by atomic mass is 16.5. The molecule has 0 radical (unpaired) electrons. The van der Waals surface area contributed by atoms with E-state index in [2.05, 4.69) is 11.2 Å². The minimum Gasteiger partial charge on any atom is -0.461 e. The quantitative estimate of drug-likeness (QED) is 0.616. The normalized spacial score (nSPS) is 11.2. The third-order valence-corrected chi connectivity index (χ3v) is 3.40. The molecule has 2 N–H and O–H groups in total. The molecule has 0 bridgehead atoms. The molecule has 116 valence electrons. The Kier molecular flexibility index (Phi) is 5.77. The SMILES string of the molecule is CCn1nc(C)c(N)c1C(=O)OCCCCC(C)(C)C#N. The number of hydrogen-bond acceptors (Lipinski definition) is 5. The van der Waals surface area contributed by atoms with Gasteiger partial charge < -0.3 is 10.5 Å². The Hall–Kier alpha value is -2.03. The number of carbonyl (C=O) groups is 1. The van der Waals surface area contributed by atoms with Crippen molar-refractivity contribution in [3.8, 4) is 6.07 Å². The summed E-state index contributed by atoms with van der Waals surface area (Å²) in [7, 11) is 0. The van der Waals surface area contributed by atoms with Crippen LogP contribution in [-0.4, -0.2) is 22.4 Å². The van der Waals surface area contributed by atoms with Crippen LogP contribution in [0.2, 0.25) is 0 Å². The summed E-state index contributed by atoms with van der Waals surface area (Å²) in [4.78, 5) is 12.1. The molecule has 0 aromatic carbocycles. The molecule has 1 aromatic heterocycles. The molecule has 0 amide bonds. The minimum absolute atomic E-state index is 0.326. The van der Waals surface area contributed by atoms with Gasteiger partial charge >= 0.3 is 5.97 Å². The fourth-order valence-electron chi connectivity index (χ4n) is 2.00. The van der Waals surface area contributed by atoms with Crippen molar-refractivity contribution in [2.45, 2.75) is 53.5 Å². The summed E-state index contributed by atoms with van der Waals surface area (Å²) >= 11 is 0. The van der Waals surface area contributed by atoms with Crippen molar-refractivity contribution in [1.29, 1.82) is 5.26 Å². The number of nitrogen functional groups attached to an aromatic ring is 1. The lowest BCUT2D eigenvalue weighted by Crippen LogP contribution is -2.15. The van der Waals surface area contributed by atoms with Crippen molar-refractivity contribution >= 4 is 11.7 Å². The molecular weight excluding hydrogens is 268 g/mol. The zero-order valence-electron chi connectivity index (χ0n) is 13.3. The van der Waals surface area contributed by atoms with Crippen LogP contribution in [0.4, 0.5) is 5.69 Å². The molecule has 6 heteroatoms. The monoisotopic (exact) mass is 292 g/mol. The van der Waals surface area contributed by atoms with Gasteiger partial charge in [0.15, 0.2) is 5.69 Å². The number of rotatable bonds is 7. The van der Waals surface area contributed by atoms with Crippen LogP contribution < -0.4 is 5.73 Å². The van der Waals surface area contributed by atoms with E-state index in [-0.39, 0.29) is 5.41 Å². The number of carbonyl (C=O) groups excluding carboxylic acids is 1. The van der Waals surface area contributed by atoms with Crippen LogP contribution in [0.1, 0.15) is 56.2 Å². The molecule has 0 spiro atoms. The van der Waals surface area contributed by atoms with Crippen molar-refractivity contribution < 1.29 is 9.53 Å². The fourth-order valence-corrected chi connectivity index (χ4v) is 2.00. The molecule has 0 saturated carbocycles. The van der Waals surface area contributed by atoms with E-state index in [1.54, 1.807) is 11.6 Å². The molecule has 1 rings (SSSR count). The van der Waals surface area contributed by atoms with Gasteiger partial charge in [0.1, 0.15) is 0 Å². The topological polar surface area (TPSA) is 93.9 Å². The molecule has 1 aromatic rings. The van der Waals surface area contributed by atoms with E-state index in [1.807, 2.05) is 20.8 Å². The predicted octanol–water partition coefficient (Wildman–Crippen LogP) is 2.67. The Morgan fingerprint density at radius 2 is 2.14 bits per heavy atom. The highest BCUT2D eigenvalue weighted by Crippen LogP contribution is 2.22. The lowest BCUT2D eigenvalue weighted by Gasteiger charge is -2.14. The second-order valence-corrected chi connectivity index (χ2v) is 5.75. The minimum atomic E-state index is -0.436. The van der Waals surface area contributed by atoms with Crippen molar-refractivity contribution in [3.63, 3.8) is 0 Å². The molecule has 0 unspecified atom stereocenters. The van der Waals surface area contributed by atoms with Gasteiger partial charge in [-0.3, -0.25) is 4.68 Å². The van der Waals surface area contributed by atoms with Gasteiger partial charge in [-0.15, -0.1) is 0 Å². The first-order valence-corrected chi connectivity index (χ1v) is 7.23.